The zero-order chi connectivity index (χ0) is 13.0. The standard InChI is InChI=1S/C13H23N5/c1-2-3-4-9-5-7-10(8-6-9)11-16-12(14)18-13(15)17-11/h9-10H,2-8H2,1H3,(H4,14,15,16,17,18). The summed E-state index contributed by atoms with van der Waals surface area (Å²) >= 11 is 0. The highest BCUT2D eigenvalue weighted by Gasteiger charge is 2.24. The van der Waals surface area contributed by atoms with Crippen molar-refractivity contribution in [3.63, 3.8) is 0 Å². The second-order valence-electron chi connectivity index (χ2n) is 5.27. The van der Waals surface area contributed by atoms with Crippen LogP contribution in [0.5, 0.6) is 0 Å². The Morgan fingerprint density at radius 1 is 1.00 bits per heavy atom. The zero-order valence-corrected chi connectivity index (χ0v) is 11.1. The summed E-state index contributed by atoms with van der Waals surface area (Å²) in [5.41, 5.74) is 11.2. The van der Waals surface area contributed by atoms with Crippen molar-refractivity contribution in [1.29, 1.82) is 0 Å². The van der Waals surface area contributed by atoms with Gasteiger partial charge < -0.3 is 11.5 Å². The van der Waals surface area contributed by atoms with Crippen molar-refractivity contribution in [2.45, 2.75) is 57.8 Å². The van der Waals surface area contributed by atoms with E-state index in [-0.39, 0.29) is 11.9 Å². The van der Waals surface area contributed by atoms with E-state index in [4.69, 9.17) is 11.5 Å². The molecule has 0 spiro atoms. The number of aromatic nitrogens is 3. The Balaban J connectivity index is 1.92. The van der Waals surface area contributed by atoms with Crippen LogP contribution in [0.25, 0.3) is 0 Å². The molecule has 0 bridgehead atoms. The molecule has 1 heterocycles. The molecule has 18 heavy (non-hydrogen) atoms. The minimum atomic E-state index is 0.241. The van der Waals surface area contributed by atoms with Gasteiger partial charge in [0, 0.05) is 5.92 Å². The molecule has 0 aliphatic heterocycles. The van der Waals surface area contributed by atoms with Gasteiger partial charge in [-0.2, -0.15) is 15.0 Å². The van der Waals surface area contributed by atoms with Crippen LogP contribution in [0.3, 0.4) is 0 Å². The van der Waals surface area contributed by atoms with E-state index >= 15 is 0 Å². The summed E-state index contributed by atoms with van der Waals surface area (Å²) in [4.78, 5) is 12.3. The number of anilines is 2. The van der Waals surface area contributed by atoms with Crippen LogP contribution in [0, 0.1) is 5.92 Å². The summed E-state index contributed by atoms with van der Waals surface area (Å²) in [7, 11) is 0. The zero-order valence-electron chi connectivity index (χ0n) is 11.1. The van der Waals surface area contributed by atoms with Crippen LogP contribution in [0.2, 0.25) is 0 Å². The molecular formula is C13H23N5. The van der Waals surface area contributed by atoms with E-state index in [9.17, 15) is 0 Å². The Labute approximate surface area is 108 Å². The second-order valence-corrected chi connectivity index (χ2v) is 5.27. The normalized spacial score (nSPS) is 24.1. The van der Waals surface area contributed by atoms with Crippen molar-refractivity contribution in [2.75, 3.05) is 11.5 Å². The van der Waals surface area contributed by atoms with Crippen LogP contribution in [-0.2, 0) is 0 Å². The van der Waals surface area contributed by atoms with E-state index in [1.54, 1.807) is 0 Å². The van der Waals surface area contributed by atoms with Crippen LogP contribution >= 0.6 is 0 Å². The molecule has 4 N–H and O–H groups in total. The number of hydrogen-bond donors (Lipinski definition) is 2. The van der Waals surface area contributed by atoms with Gasteiger partial charge in [0.15, 0.2) is 0 Å². The summed E-state index contributed by atoms with van der Waals surface area (Å²) in [5, 5.41) is 0. The minimum absolute atomic E-state index is 0.241. The van der Waals surface area contributed by atoms with E-state index in [2.05, 4.69) is 21.9 Å². The van der Waals surface area contributed by atoms with Crippen molar-refractivity contribution in [3.8, 4) is 0 Å². The molecule has 2 rings (SSSR count). The maximum atomic E-state index is 5.62. The lowest BCUT2D eigenvalue weighted by molar-refractivity contribution is 0.298. The Hall–Kier alpha value is -1.39. The topological polar surface area (TPSA) is 90.7 Å². The number of nitrogen functional groups attached to an aromatic ring is 2. The van der Waals surface area contributed by atoms with Gasteiger partial charge in [0.1, 0.15) is 5.82 Å². The lowest BCUT2D eigenvalue weighted by atomic mass is 9.79. The van der Waals surface area contributed by atoms with Gasteiger partial charge in [-0.3, -0.25) is 0 Å². The van der Waals surface area contributed by atoms with Crippen LogP contribution in [-0.4, -0.2) is 15.0 Å². The third-order valence-corrected chi connectivity index (χ3v) is 3.87. The van der Waals surface area contributed by atoms with Crippen molar-refractivity contribution < 1.29 is 0 Å². The molecule has 5 nitrogen and oxygen atoms in total. The fourth-order valence-electron chi connectivity index (χ4n) is 2.81. The minimum Gasteiger partial charge on any atom is -0.368 e. The quantitative estimate of drug-likeness (QED) is 0.855. The predicted molar refractivity (Wildman–Crippen MR) is 72.9 cm³/mol. The number of nitrogens with two attached hydrogens (primary N) is 2. The Morgan fingerprint density at radius 3 is 2.17 bits per heavy atom. The lowest BCUT2D eigenvalue weighted by Crippen LogP contribution is -2.17. The van der Waals surface area contributed by atoms with Gasteiger partial charge in [-0.1, -0.05) is 26.2 Å². The van der Waals surface area contributed by atoms with Crippen molar-refractivity contribution >= 4 is 11.9 Å². The first kappa shape index (κ1) is 13.1. The first-order valence-corrected chi connectivity index (χ1v) is 6.96. The molecule has 100 valence electrons. The van der Waals surface area contributed by atoms with Gasteiger partial charge in [-0.15, -0.1) is 0 Å². The van der Waals surface area contributed by atoms with Gasteiger partial charge in [0.2, 0.25) is 11.9 Å². The van der Waals surface area contributed by atoms with Crippen molar-refractivity contribution in [2.24, 2.45) is 5.92 Å². The van der Waals surface area contributed by atoms with Crippen LogP contribution in [0.1, 0.15) is 63.6 Å². The first-order chi connectivity index (χ1) is 8.69. The predicted octanol–water partition coefficient (Wildman–Crippen LogP) is 2.50. The number of hydrogen-bond acceptors (Lipinski definition) is 5. The molecule has 0 atom stereocenters. The van der Waals surface area contributed by atoms with E-state index in [0.29, 0.717) is 5.92 Å². The van der Waals surface area contributed by atoms with Crippen LogP contribution < -0.4 is 11.5 Å². The van der Waals surface area contributed by atoms with Gasteiger partial charge >= 0.3 is 0 Å². The molecule has 0 radical (unpaired) electrons. The summed E-state index contributed by atoms with van der Waals surface area (Å²) in [6.07, 6.45) is 8.85. The smallest absolute Gasteiger partial charge is 0.225 e. The van der Waals surface area contributed by atoms with Crippen LogP contribution in [0.4, 0.5) is 11.9 Å². The molecule has 0 saturated heterocycles. The van der Waals surface area contributed by atoms with E-state index in [1.807, 2.05) is 0 Å². The highest BCUT2D eigenvalue weighted by molar-refractivity contribution is 5.27. The molecule has 0 amide bonds. The highest BCUT2D eigenvalue weighted by atomic mass is 15.1. The Morgan fingerprint density at radius 2 is 1.61 bits per heavy atom. The maximum absolute atomic E-state index is 5.62. The van der Waals surface area contributed by atoms with Gasteiger partial charge in [0.05, 0.1) is 0 Å². The average Bonchev–Trinajstić information content (AvgIpc) is 2.36. The summed E-state index contributed by atoms with van der Waals surface area (Å²) < 4.78 is 0. The molecule has 5 heteroatoms. The summed E-state index contributed by atoms with van der Waals surface area (Å²) in [5.74, 6) is 2.57. The lowest BCUT2D eigenvalue weighted by Gasteiger charge is -2.27. The molecule has 1 aromatic heterocycles. The van der Waals surface area contributed by atoms with Gasteiger partial charge in [-0.05, 0) is 31.6 Å². The molecule has 1 aromatic rings. The Bertz CT molecular complexity index is 365. The van der Waals surface area contributed by atoms with E-state index in [1.165, 1.54) is 32.1 Å². The maximum Gasteiger partial charge on any atom is 0.225 e. The molecule has 1 aliphatic rings. The third kappa shape index (κ3) is 3.31. The van der Waals surface area contributed by atoms with Crippen molar-refractivity contribution in [3.05, 3.63) is 5.82 Å². The average molecular weight is 249 g/mol. The SMILES string of the molecule is CCCCC1CCC(c2nc(N)nc(N)n2)CC1. The number of unbranched alkanes of at least 4 members (excludes halogenated alkanes) is 1. The highest BCUT2D eigenvalue weighted by Crippen LogP contribution is 2.36. The molecule has 1 aliphatic carbocycles. The summed E-state index contributed by atoms with van der Waals surface area (Å²) in [6, 6.07) is 0. The Kier molecular flexibility index (Phi) is 4.33. The second kappa shape index (κ2) is 5.98. The largest absolute Gasteiger partial charge is 0.368 e. The monoisotopic (exact) mass is 249 g/mol. The number of nitrogens with zero attached hydrogens (tertiary/aromatic N) is 3. The molecular weight excluding hydrogens is 226 g/mol. The van der Waals surface area contributed by atoms with Crippen LogP contribution in [0.15, 0.2) is 0 Å². The number of rotatable bonds is 4. The van der Waals surface area contributed by atoms with Crippen molar-refractivity contribution in [1.82, 2.24) is 15.0 Å². The molecule has 1 fully saturated rings. The van der Waals surface area contributed by atoms with Gasteiger partial charge in [0.25, 0.3) is 0 Å². The van der Waals surface area contributed by atoms with E-state index in [0.717, 1.165) is 24.6 Å². The fourth-order valence-corrected chi connectivity index (χ4v) is 2.81. The van der Waals surface area contributed by atoms with E-state index < -0.39 is 0 Å². The fraction of sp³-hybridized carbons (Fsp3) is 0.769. The molecule has 0 aromatic carbocycles. The third-order valence-electron chi connectivity index (χ3n) is 3.87. The summed E-state index contributed by atoms with van der Waals surface area (Å²) in [6.45, 7) is 2.25. The molecule has 0 unspecified atom stereocenters. The first-order valence-electron chi connectivity index (χ1n) is 6.96. The molecule has 1 saturated carbocycles. The van der Waals surface area contributed by atoms with Gasteiger partial charge in [-0.25, -0.2) is 0 Å².